The average Bonchev–Trinajstić information content (AvgIpc) is 3.03. The summed E-state index contributed by atoms with van der Waals surface area (Å²) in [5, 5.41) is 33.1. The summed E-state index contributed by atoms with van der Waals surface area (Å²) in [6, 6.07) is -1.17. The lowest BCUT2D eigenvalue weighted by Crippen LogP contribution is -2.65. The molecule has 0 aliphatic carbocycles. The van der Waals surface area contributed by atoms with Crippen molar-refractivity contribution in [2.75, 3.05) is 59.5 Å². The molecular formula is C35H71NO17P2. The largest absolute Gasteiger partial charge is 0.472 e. The zero-order chi connectivity index (χ0) is 42.6. The van der Waals surface area contributed by atoms with Crippen molar-refractivity contribution in [2.45, 2.75) is 137 Å². The van der Waals surface area contributed by atoms with E-state index >= 15 is 0 Å². The third kappa shape index (κ3) is 18.4. The van der Waals surface area contributed by atoms with Crippen LogP contribution in [0.5, 0.6) is 0 Å². The molecule has 1 amide bonds. The number of amides is 1. The Kier molecular flexibility index (Phi) is 21.1. The molecular weight excluding hydrogens is 768 g/mol. The fourth-order valence-corrected chi connectivity index (χ4v) is 7.66. The minimum atomic E-state index is -4.67. The summed E-state index contributed by atoms with van der Waals surface area (Å²) < 4.78 is 76.7. The molecule has 0 aromatic carbocycles. The number of aliphatic hydroxyl groups excluding tert-OH is 3. The summed E-state index contributed by atoms with van der Waals surface area (Å²) in [6.07, 6.45) is -5.47. The molecule has 18 nitrogen and oxygen atoms in total. The van der Waals surface area contributed by atoms with Gasteiger partial charge in [0.25, 0.3) is 0 Å². The van der Waals surface area contributed by atoms with Crippen molar-refractivity contribution in [1.29, 1.82) is 0 Å². The van der Waals surface area contributed by atoms with Gasteiger partial charge in [0.15, 0.2) is 6.29 Å². The molecule has 0 saturated carbocycles. The second-order valence-electron chi connectivity index (χ2n) is 16.8. The van der Waals surface area contributed by atoms with E-state index in [1.807, 2.05) is 34.6 Å². The lowest BCUT2D eigenvalue weighted by Gasteiger charge is -2.45. The molecule has 1 aliphatic rings. The molecule has 1 fully saturated rings. The van der Waals surface area contributed by atoms with Gasteiger partial charge in [0.1, 0.15) is 24.4 Å². The Morgan fingerprint density at radius 3 is 1.67 bits per heavy atom. The first-order chi connectivity index (χ1) is 25.0. The molecule has 20 heteroatoms. The van der Waals surface area contributed by atoms with E-state index in [2.05, 4.69) is 5.32 Å². The van der Waals surface area contributed by atoms with Crippen LogP contribution in [0.4, 0.5) is 0 Å². The summed E-state index contributed by atoms with van der Waals surface area (Å²) in [5.74, 6) is -1.09. The van der Waals surface area contributed by atoms with Crippen LogP contribution in [0.3, 0.4) is 0 Å². The fourth-order valence-electron chi connectivity index (χ4n) is 5.30. The highest BCUT2D eigenvalue weighted by Crippen LogP contribution is 2.49. The summed E-state index contributed by atoms with van der Waals surface area (Å²) in [5.41, 5.74) is -4.31. The molecule has 55 heavy (non-hydrogen) atoms. The van der Waals surface area contributed by atoms with Gasteiger partial charge < -0.3 is 54.1 Å². The molecule has 1 heterocycles. The van der Waals surface area contributed by atoms with Crippen LogP contribution in [-0.4, -0.2) is 138 Å². The van der Waals surface area contributed by atoms with E-state index in [1.165, 1.54) is 6.92 Å². The first-order valence-electron chi connectivity index (χ1n) is 18.7. The quantitative estimate of drug-likeness (QED) is 0.0648. The van der Waals surface area contributed by atoms with Gasteiger partial charge in [0, 0.05) is 24.9 Å². The van der Waals surface area contributed by atoms with Gasteiger partial charge in [-0.1, -0.05) is 34.6 Å². The second kappa shape index (κ2) is 22.1. The number of carbonyl (C=O) groups excluding carboxylic acids is 1. The van der Waals surface area contributed by atoms with Gasteiger partial charge in [0.2, 0.25) is 5.91 Å². The van der Waals surface area contributed by atoms with Gasteiger partial charge in [-0.3, -0.25) is 22.9 Å². The smallest absolute Gasteiger partial charge is 0.394 e. The Bertz CT molecular complexity index is 1250. The Hall–Kier alpha value is -0.630. The van der Waals surface area contributed by atoms with Crippen molar-refractivity contribution in [2.24, 2.45) is 23.2 Å². The van der Waals surface area contributed by atoms with Crippen LogP contribution < -0.4 is 5.32 Å². The van der Waals surface area contributed by atoms with E-state index in [0.717, 1.165) is 0 Å². The molecule has 0 bridgehead atoms. The van der Waals surface area contributed by atoms with Crippen molar-refractivity contribution < 1.29 is 80.8 Å². The van der Waals surface area contributed by atoms with Crippen LogP contribution >= 0.6 is 15.6 Å². The molecule has 328 valence electrons. The highest BCUT2D eigenvalue weighted by atomic mass is 31.2. The van der Waals surface area contributed by atoms with Crippen molar-refractivity contribution in [3.8, 4) is 0 Å². The number of phosphoric ester groups is 2. The number of hydrogen-bond donors (Lipinski definition) is 6. The number of hydrogen-bond acceptors (Lipinski definition) is 15. The van der Waals surface area contributed by atoms with Gasteiger partial charge in [0.05, 0.1) is 69.7 Å². The van der Waals surface area contributed by atoms with Crippen molar-refractivity contribution in [3.05, 3.63) is 0 Å². The van der Waals surface area contributed by atoms with E-state index in [-0.39, 0.29) is 58.1 Å². The van der Waals surface area contributed by atoms with Crippen LogP contribution in [0.1, 0.15) is 90.0 Å². The van der Waals surface area contributed by atoms with Gasteiger partial charge in [-0.15, -0.1) is 0 Å². The average molecular weight is 840 g/mol. The van der Waals surface area contributed by atoms with Crippen LogP contribution in [0.2, 0.25) is 0 Å². The zero-order valence-electron chi connectivity index (χ0n) is 35.0. The summed E-state index contributed by atoms with van der Waals surface area (Å²) in [6.45, 7) is 22.0. The van der Waals surface area contributed by atoms with Crippen molar-refractivity contribution in [1.82, 2.24) is 5.32 Å². The molecule has 1 saturated heterocycles. The summed E-state index contributed by atoms with van der Waals surface area (Å²) >= 11 is 0. The predicted octanol–water partition coefficient (Wildman–Crippen LogP) is 3.55. The number of ether oxygens (including phenoxy) is 5. The van der Waals surface area contributed by atoms with E-state index in [1.54, 1.807) is 48.5 Å². The Balaban J connectivity index is 2.89. The van der Waals surface area contributed by atoms with Crippen LogP contribution in [0.25, 0.3) is 0 Å². The Morgan fingerprint density at radius 1 is 0.782 bits per heavy atom. The molecule has 1 rings (SSSR count). The number of aliphatic hydroxyl groups is 3. The molecule has 9 atom stereocenters. The molecule has 0 aromatic heterocycles. The molecule has 0 aromatic rings. The predicted molar refractivity (Wildman–Crippen MR) is 202 cm³/mol. The van der Waals surface area contributed by atoms with Gasteiger partial charge in [-0.25, -0.2) is 9.13 Å². The molecule has 0 radical (unpaired) electrons. The first-order valence-corrected chi connectivity index (χ1v) is 21.7. The Morgan fingerprint density at radius 2 is 1.25 bits per heavy atom. The van der Waals surface area contributed by atoms with Crippen molar-refractivity contribution in [3.63, 3.8) is 0 Å². The van der Waals surface area contributed by atoms with Gasteiger partial charge >= 0.3 is 15.6 Å². The van der Waals surface area contributed by atoms with Gasteiger partial charge in [-0.2, -0.15) is 0 Å². The molecule has 9 unspecified atom stereocenters. The topological polar surface area (TPSA) is 247 Å². The third-order valence-corrected chi connectivity index (χ3v) is 11.5. The number of rotatable bonds is 27. The molecule has 0 spiro atoms. The molecule has 6 N–H and O–H groups in total. The second-order valence-corrected chi connectivity index (χ2v) is 19.6. The van der Waals surface area contributed by atoms with Gasteiger partial charge in [-0.05, 0) is 60.3 Å². The first kappa shape index (κ1) is 52.4. The zero-order valence-corrected chi connectivity index (χ0v) is 36.8. The van der Waals surface area contributed by atoms with E-state index in [0.29, 0.717) is 6.61 Å². The number of nitrogens with one attached hydrogen (secondary N) is 1. The maximum Gasteiger partial charge on any atom is 0.472 e. The lowest BCUT2D eigenvalue weighted by atomic mass is 9.79. The molecule has 1 aliphatic heterocycles. The minimum absolute atomic E-state index is 0.0276. The minimum Gasteiger partial charge on any atom is -0.394 e. The fraction of sp³-hybridized carbons (Fsp3) is 0.971. The summed E-state index contributed by atoms with van der Waals surface area (Å²) in [7, 11) is -9.00. The van der Waals surface area contributed by atoms with Crippen LogP contribution in [-0.2, 0) is 55.7 Å². The lowest BCUT2D eigenvalue weighted by molar-refractivity contribution is -0.302. The highest BCUT2D eigenvalue weighted by Gasteiger charge is 2.48. The van der Waals surface area contributed by atoms with E-state index in [4.69, 9.17) is 41.8 Å². The third-order valence-electron chi connectivity index (χ3n) is 9.14. The standard InChI is InChI=1S/C35H71NO17P2/c1-14-45-20-35(24(4)5,21-46-18-32(8,9)52-54(41,42)48-16-23(2)3)22-47-19-33(10,11)53-55(43,44)49-17-25(6)34(12,13)51-31-28(36-26(7)38)30(40)29(39)27(15-37)50-31/h23-25,27-31,37,39-40H,14-22H2,1-13H3,(H,36,38)(H,41,42)(H,43,44). The number of phosphoric acid groups is 2. The number of carbonyl (C=O) groups is 1. The van der Waals surface area contributed by atoms with Crippen molar-refractivity contribution >= 4 is 21.6 Å². The summed E-state index contributed by atoms with van der Waals surface area (Å²) in [4.78, 5) is 32.7. The van der Waals surface area contributed by atoms with E-state index in [9.17, 15) is 39.0 Å². The highest BCUT2D eigenvalue weighted by molar-refractivity contribution is 7.47. The maximum absolute atomic E-state index is 13.2. The Labute approximate surface area is 327 Å². The van der Waals surface area contributed by atoms with E-state index < -0.39 is 86.9 Å². The SMILES string of the molecule is CCOCC(COCC(C)(C)OP(=O)(O)OCC(C)C)(COCC(C)(C)OP(=O)(O)OCC(C)C(C)(C)OC1OC(CO)C(O)C(O)C1NC(C)=O)C(C)C. The normalized spacial score (nSPS) is 25.3. The van der Waals surface area contributed by atoms with Crippen LogP contribution in [0.15, 0.2) is 0 Å². The monoisotopic (exact) mass is 839 g/mol. The van der Waals surface area contributed by atoms with Crippen LogP contribution in [0, 0.1) is 23.2 Å². The maximum atomic E-state index is 13.2.